The van der Waals surface area contributed by atoms with Gasteiger partial charge in [-0.1, -0.05) is 6.07 Å². The number of aromatic nitrogens is 1. The Morgan fingerprint density at radius 3 is 2.72 bits per heavy atom. The topological polar surface area (TPSA) is 69.7 Å². The second kappa shape index (κ2) is 8.53. The molecule has 0 saturated carbocycles. The molecule has 4 rings (SSSR count). The molecule has 1 aliphatic carbocycles. The summed E-state index contributed by atoms with van der Waals surface area (Å²) in [5.74, 6) is 1.88. The first kappa shape index (κ1) is 19.3. The summed E-state index contributed by atoms with van der Waals surface area (Å²) in [5, 5.41) is 5.17. The highest BCUT2D eigenvalue weighted by Crippen LogP contribution is 2.35. The third-order valence-electron chi connectivity index (χ3n) is 4.87. The standard InChI is InChI=1S/C22H22N2O4S/c1-26-16-8-9-20(27-2)18(11-16)19-13-29-22(23-19)24-21(25)12-28-17-7-6-14-4-3-5-15(14)10-17/h6-11,13H,3-5,12H2,1-2H3,(H,23,24,25). The van der Waals surface area contributed by atoms with Gasteiger partial charge in [-0.3, -0.25) is 10.1 Å². The van der Waals surface area contributed by atoms with E-state index in [0.717, 1.165) is 24.2 Å². The van der Waals surface area contributed by atoms with Gasteiger partial charge in [0.25, 0.3) is 5.91 Å². The highest BCUT2D eigenvalue weighted by molar-refractivity contribution is 7.14. The number of nitrogens with zero attached hydrogens (tertiary/aromatic N) is 1. The molecule has 2 aromatic carbocycles. The van der Waals surface area contributed by atoms with Crippen molar-refractivity contribution in [2.24, 2.45) is 0 Å². The molecule has 1 N–H and O–H groups in total. The van der Waals surface area contributed by atoms with E-state index in [1.165, 1.54) is 28.9 Å². The van der Waals surface area contributed by atoms with Crippen molar-refractivity contribution >= 4 is 22.4 Å². The van der Waals surface area contributed by atoms with Crippen molar-refractivity contribution in [3.05, 3.63) is 52.9 Å². The summed E-state index contributed by atoms with van der Waals surface area (Å²) in [6.45, 7) is -0.0593. The molecule has 0 aliphatic heterocycles. The largest absolute Gasteiger partial charge is 0.497 e. The third kappa shape index (κ3) is 4.35. The van der Waals surface area contributed by atoms with Crippen molar-refractivity contribution in [2.75, 3.05) is 26.1 Å². The van der Waals surface area contributed by atoms with Crippen LogP contribution in [0.2, 0.25) is 0 Å². The molecule has 0 bridgehead atoms. The number of aryl methyl sites for hydroxylation is 2. The number of carbonyl (C=O) groups excluding carboxylic acids is 1. The zero-order valence-electron chi connectivity index (χ0n) is 16.4. The third-order valence-corrected chi connectivity index (χ3v) is 5.63. The zero-order valence-corrected chi connectivity index (χ0v) is 17.2. The maximum Gasteiger partial charge on any atom is 0.264 e. The van der Waals surface area contributed by atoms with Crippen LogP contribution in [0, 0.1) is 0 Å². The minimum Gasteiger partial charge on any atom is -0.497 e. The quantitative estimate of drug-likeness (QED) is 0.628. The maximum atomic E-state index is 12.3. The molecule has 1 heterocycles. The van der Waals surface area contributed by atoms with Crippen LogP contribution in [0.5, 0.6) is 17.2 Å². The Bertz CT molecular complexity index is 1030. The van der Waals surface area contributed by atoms with Gasteiger partial charge in [0.2, 0.25) is 0 Å². The van der Waals surface area contributed by atoms with Crippen LogP contribution in [0.1, 0.15) is 17.5 Å². The first-order valence-electron chi connectivity index (χ1n) is 9.38. The molecule has 0 atom stereocenters. The molecule has 3 aromatic rings. The van der Waals surface area contributed by atoms with Crippen LogP contribution in [-0.4, -0.2) is 31.7 Å². The SMILES string of the molecule is COc1ccc(OC)c(-c2csc(NC(=O)COc3ccc4c(c3)CCC4)n2)c1. The lowest BCUT2D eigenvalue weighted by Crippen LogP contribution is -2.20. The Labute approximate surface area is 173 Å². The van der Waals surface area contributed by atoms with E-state index in [1.54, 1.807) is 14.2 Å². The van der Waals surface area contributed by atoms with Gasteiger partial charge in [-0.05, 0) is 60.7 Å². The summed E-state index contributed by atoms with van der Waals surface area (Å²) >= 11 is 1.35. The van der Waals surface area contributed by atoms with Gasteiger partial charge in [0.1, 0.15) is 17.2 Å². The predicted octanol–water partition coefficient (Wildman–Crippen LogP) is 4.33. The summed E-state index contributed by atoms with van der Waals surface area (Å²) in [6, 6.07) is 11.6. The van der Waals surface area contributed by atoms with Gasteiger partial charge in [0.15, 0.2) is 11.7 Å². The molecule has 1 aliphatic rings. The highest BCUT2D eigenvalue weighted by atomic mass is 32.1. The van der Waals surface area contributed by atoms with Crippen LogP contribution < -0.4 is 19.5 Å². The number of anilines is 1. The smallest absolute Gasteiger partial charge is 0.264 e. The summed E-state index contributed by atoms with van der Waals surface area (Å²) < 4.78 is 16.3. The summed E-state index contributed by atoms with van der Waals surface area (Å²) in [4.78, 5) is 16.8. The second-order valence-corrected chi connectivity index (χ2v) is 7.58. The van der Waals surface area contributed by atoms with E-state index in [2.05, 4.69) is 16.4 Å². The van der Waals surface area contributed by atoms with Crippen molar-refractivity contribution in [3.63, 3.8) is 0 Å². The van der Waals surface area contributed by atoms with Crippen molar-refractivity contribution in [1.82, 2.24) is 4.98 Å². The van der Waals surface area contributed by atoms with E-state index < -0.39 is 0 Å². The van der Waals surface area contributed by atoms with E-state index in [-0.39, 0.29) is 12.5 Å². The Morgan fingerprint density at radius 1 is 1.07 bits per heavy atom. The fourth-order valence-corrected chi connectivity index (χ4v) is 4.14. The minimum atomic E-state index is -0.246. The molecular weight excluding hydrogens is 388 g/mol. The minimum absolute atomic E-state index is 0.0593. The summed E-state index contributed by atoms with van der Waals surface area (Å²) in [6.07, 6.45) is 3.39. The van der Waals surface area contributed by atoms with Crippen molar-refractivity contribution in [2.45, 2.75) is 19.3 Å². The van der Waals surface area contributed by atoms with Gasteiger partial charge in [-0.25, -0.2) is 4.98 Å². The lowest BCUT2D eigenvalue weighted by atomic mass is 10.1. The van der Waals surface area contributed by atoms with E-state index >= 15 is 0 Å². The van der Waals surface area contributed by atoms with Crippen LogP contribution in [0.3, 0.4) is 0 Å². The molecule has 29 heavy (non-hydrogen) atoms. The normalized spacial score (nSPS) is 12.3. The van der Waals surface area contributed by atoms with Gasteiger partial charge in [0.05, 0.1) is 19.9 Å². The van der Waals surface area contributed by atoms with Crippen molar-refractivity contribution in [1.29, 1.82) is 0 Å². The molecule has 0 unspecified atom stereocenters. The fourth-order valence-electron chi connectivity index (χ4n) is 3.41. The molecule has 150 valence electrons. The van der Waals surface area contributed by atoms with Crippen LogP contribution in [-0.2, 0) is 17.6 Å². The van der Waals surface area contributed by atoms with Gasteiger partial charge in [-0.15, -0.1) is 11.3 Å². The van der Waals surface area contributed by atoms with Crippen molar-refractivity contribution < 1.29 is 19.0 Å². The van der Waals surface area contributed by atoms with Gasteiger partial charge in [-0.2, -0.15) is 0 Å². The van der Waals surface area contributed by atoms with E-state index in [1.807, 2.05) is 35.7 Å². The molecule has 0 fully saturated rings. The van der Waals surface area contributed by atoms with Crippen LogP contribution in [0.4, 0.5) is 5.13 Å². The first-order valence-corrected chi connectivity index (χ1v) is 10.3. The molecule has 0 saturated heterocycles. The Morgan fingerprint density at radius 2 is 1.90 bits per heavy atom. The lowest BCUT2D eigenvalue weighted by Gasteiger charge is -2.09. The molecule has 0 radical (unpaired) electrons. The molecule has 7 heteroatoms. The summed E-state index contributed by atoms with van der Waals surface area (Å²) in [7, 11) is 3.22. The molecular formula is C22H22N2O4S. The number of ether oxygens (including phenoxy) is 3. The number of thiazole rings is 1. The fraction of sp³-hybridized carbons (Fsp3) is 0.273. The number of amides is 1. The highest BCUT2D eigenvalue weighted by Gasteiger charge is 2.14. The number of carbonyl (C=O) groups is 1. The molecule has 0 spiro atoms. The number of hydrogen-bond donors (Lipinski definition) is 1. The van der Waals surface area contributed by atoms with E-state index in [0.29, 0.717) is 22.3 Å². The summed E-state index contributed by atoms with van der Waals surface area (Å²) in [5.41, 5.74) is 4.21. The van der Waals surface area contributed by atoms with E-state index in [9.17, 15) is 4.79 Å². The average molecular weight is 410 g/mol. The number of methoxy groups -OCH3 is 2. The zero-order chi connectivity index (χ0) is 20.2. The first-order chi connectivity index (χ1) is 14.2. The number of benzene rings is 2. The maximum absolute atomic E-state index is 12.3. The van der Waals surface area contributed by atoms with Gasteiger partial charge >= 0.3 is 0 Å². The Balaban J connectivity index is 1.39. The monoisotopic (exact) mass is 410 g/mol. The second-order valence-electron chi connectivity index (χ2n) is 6.73. The molecule has 6 nitrogen and oxygen atoms in total. The number of rotatable bonds is 7. The Hall–Kier alpha value is -3.06. The number of hydrogen-bond acceptors (Lipinski definition) is 6. The average Bonchev–Trinajstić information content (AvgIpc) is 3.40. The number of nitrogens with one attached hydrogen (secondary N) is 1. The predicted molar refractivity (Wildman–Crippen MR) is 113 cm³/mol. The van der Waals surface area contributed by atoms with Crippen LogP contribution >= 0.6 is 11.3 Å². The molecule has 1 aromatic heterocycles. The van der Waals surface area contributed by atoms with Crippen LogP contribution in [0.25, 0.3) is 11.3 Å². The van der Waals surface area contributed by atoms with Crippen LogP contribution in [0.15, 0.2) is 41.8 Å². The van der Waals surface area contributed by atoms with E-state index in [4.69, 9.17) is 14.2 Å². The van der Waals surface area contributed by atoms with Gasteiger partial charge in [0, 0.05) is 10.9 Å². The number of fused-ring (bicyclic) bond motifs is 1. The molecule has 1 amide bonds. The Kier molecular flexibility index (Phi) is 5.67. The lowest BCUT2D eigenvalue weighted by molar-refractivity contribution is -0.118. The van der Waals surface area contributed by atoms with Crippen molar-refractivity contribution in [3.8, 4) is 28.5 Å². The van der Waals surface area contributed by atoms with Gasteiger partial charge < -0.3 is 14.2 Å².